The van der Waals surface area contributed by atoms with Crippen LogP contribution in [-0.2, 0) is 16.6 Å². The van der Waals surface area contributed by atoms with Crippen molar-refractivity contribution in [2.24, 2.45) is 0 Å². The summed E-state index contributed by atoms with van der Waals surface area (Å²) in [5.41, 5.74) is 1.17. The summed E-state index contributed by atoms with van der Waals surface area (Å²) in [5.74, 6) is 0.350. The van der Waals surface area contributed by atoms with Gasteiger partial charge in [-0.05, 0) is 42.0 Å². The van der Waals surface area contributed by atoms with Crippen molar-refractivity contribution in [1.29, 1.82) is 0 Å². The van der Waals surface area contributed by atoms with Crippen LogP contribution in [0.2, 0.25) is 0 Å². The minimum absolute atomic E-state index is 0.138. The van der Waals surface area contributed by atoms with Gasteiger partial charge in [-0.15, -0.1) is 11.8 Å². The van der Waals surface area contributed by atoms with E-state index in [1.165, 1.54) is 11.8 Å². The number of ether oxygens (including phenoxy) is 1. The van der Waals surface area contributed by atoms with Crippen molar-refractivity contribution in [3.8, 4) is 5.75 Å². The number of carbonyl (C=O) groups excluding carboxylic acids is 1. The molecule has 0 heterocycles. The Morgan fingerprint density at radius 2 is 1.48 bits per heavy atom. The van der Waals surface area contributed by atoms with Crippen LogP contribution in [0.5, 0.6) is 5.75 Å². The largest absolute Gasteiger partial charge is 0.489 e. The average Bonchev–Trinajstić information content (AvgIpc) is 2.73. The quantitative estimate of drug-likeness (QED) is 0.520. The maximum absolute atomic E-state index is 12.3. The monoisotopic (exact) mass is 427 g/mol. The van der Waals surface area contributed by atoms with Crippen LogP contribution in [0.1, 0.15) is 15.9 Å². The lowest BCUT2D eigenvalue weighted by molar-refractivity contribution is 0.0981. The predicted octanol–water partition coefficient (Wildman–Crippen LogP) is 4.12. The number of carbonyl (C=O) groups is 1. The number of nitrogens with one attached hydrogen (secondary N) is 1. The van der Waals surface area contributed by atoms with Gasteiger partial charge in [0.05, 0.1) is 5.75 Å². The van der Waals surface area contributed by atoms with Gasteiger partial charge in [0.15, 0.2) is 0 Å². The van der Waals surface area contributed by atoms with Gasteiger partial charge < -0.3 is 4.74 Å². The second-order valence-electron chi connectivity index (χ2n) is 6.21. The Bertz CT molecular complexity index is 1020. The summed E-state index contributed by atoms with van der Waals surface area (Å²) < 4.78 is 32.1. The van der Waals surface area contributed by atoms with Gasteiger partial charge in [0.2, 0.25) is 10.0 Å². The third-order valence-corrected chi connectivity index (χ3v) is 6.49. The lowest BCUT2D eigenvalue weighted by Crippen LogP contribution is -2.33. The van der Waals surface area contributed by atoms with E-state index in [0.29, 0.717) is 12.4 Å². The van der Waals surface area contributed by atoms with Crippen LogP contribution in [0.4, 0.5) is 0 Å². The van der Waals surface area contributed by atoms with Gasteiger partial charge in [-0.3, -0.25) is 4.79 Å². The number of para-hydroxylation sites is 1. The molecule has 0 saturated carbocycles. The fraction of sp³-hybridized carbons (Fsp3) is 0.136. The van der Waals surface area contributed by atoms with E-state index in [1.807, 2.05) is 60.7 Å². The predicted molar refractivity (Wildman–Crippen MR) is 116 cm³/mol. The first-order valence-electron chi connectivity index (χ1n) is 9.01. The molecular formula is C22H21NO4S2. The van der Waals surface area contributed by atoms with E-state index in [9.17, 15) is 13.2 Å². The zero-order chi connectivity index (χ0) is 20.5. The smallest absolute Gasteiger partial charge is 0.264 e. The first kappa shape index (κ1) is 21.0. The lowest BCUT2D eigenvalue weighted by atomic mass is 10.1. The molecule has 5 nitrogen and oxygen atoms in total. The van der Waals surface area contributed by atoms with E-state index in [4.69, 9.17) is 4.74 Å². The van der Waals surface area contributed by atoms with Crippen molar-refractivity contribution < 1.29 is 17.9 Å². The van der Waals surface area contributed by atoms with Gasteiger partial charge in [-0.1, -0.05) is 48.5 Å². The van der Waals surface area contributed by atoms with Crippen LogP contribution >= 0.6 is 11.8 Å². The van der Waals surface area contributed by atoms with Crippen molar-refractivity contribution >= 4 is 27.7 Å². The highest BCUT2D eigenvalue weighted by Gasteiger charge is 2.16. The van der Waals surface area contributed by atoms with Crippen LogP contribution in [0.15, 0.2) is 89.8 Å². The van der Waals surface area contributed by atoms with E-state index in [2.05, 4.69) is 4.72 Å². The van der Waals surface area contributed by atoms with Gasteiger partial charge in [0.25, 0.3) is 5.91 Å². The summed E-state index contributed by atoms with van der Waals surface area (Å²) in [6.07, 6.45) is 0. The fourth-order valence-electron chi connectivity index (χ4n) is 2.47. The molecule has 150 valence electrons. The molecule has 0 aliphatic rings. The molecular weight excluding hydrogens is 406 g/mol. The normalized spacial score (nSPS) is 11.0. The van der Waals surface area contributed by atoms with Crippen molar-refractivity contribution in [3.63, 3.8) is 0 Å². The molecule has 0 unspecified atom stereocenters. The van der Waals surface area contributed by atoms with Crippen LogP contribution in [0.25, 0.3) is 0 Å². The van der Waals surface area contributed by atoms with Crippen molar-refractivity contribution in [2.45, 2.75) is 11.5 Å². The molecule has 1 amide bonds. The highest BCUT2D eigenvalue weighted by Crippen LogP contribution is 2.17. The second-order valence-corrected chi connectivity index (χ2v) is 9.22. The Morgan fingerprint density at radius 1 is 0.862 bits per heavy atom. The number of benzene rings is 3. The van der Waals surface area contributed by atoms with Crippen LogP contribution in [0, 0.1) is 0 Å². The molecule has 0 bridgehead atoms. The maximum Gasteiger partial charge on any atom is 0.264 e. The molecule has 0 aromatic heterocycles. The fourth-order valence-corrected chi connectivity index (χ4v) is 4.77. The number of hydrogen-bond donors (Lipinski definition) is 1. The Balaban J connectivity index is 1.49. The molecule has 0 saturated heterocycles. The lowest BCUT2D eigenvalue weighted by Gasteiger charge is -2.09. The second kappa shape index (κ2) is 10.1. The Morgan fingerprint density at radius 3 is 2.14 bits per heavy atom. The molecule has 3 aromatic rings. The molecule has 0 atom stereocenters. The van der Waals surface area contributed by atoms with Crippen molar-refractivity contribution in [2.75, 3.05) is 11.5 Å². The Kier molecular flexibility index (Phi) is 7.32. The van der Waals surface area contributed by atoms with Crippen LogP contribution in [-0.4, -0.2) is 25.8 Å². The zero-order valence-corrected chi connectivity index (χ0v) is 17.3. The minimum Gasteiger partial charge on any atom is -0.489 e. The average molecular weight is 428 g/mol. The number of rotatable bonds is 9. The Hall–Kier alpha value is -2.77. The summed E-state index contributed by atoms with van der Waals surface area (Å²) in [4.78, 5) is 13.2. The summed E-state index contributed by atoms with van der Waals surface area (Å²) in [6.45, 7) is 0.362. The summed E-state index contributed by atoms with van der Waals surface area (Å²) in [5, 5.41) is 0. The van der Waals surface area contributed by atoms with Crippen molar-refractivity contribution in [1.82, 2.24) is 4.72 Å². The number of hydrogen-bond acceptors (Lipinski definition) is 5. The standard InChI is InChI=1S/C22H21NO4S2/c24-22(23-29(25,26)16-15-28-21-9-5-2-6-10-21)19-13-11-18(12-14-19)17-27-20-7-3-1-4-8-20/h1-14H,15-17H2,(H,23,24). The molecule has 1 N–H and O–H groups in total. The molecule has 29 heavy (non-hydrogen) atoms. The SMILES string of the molecule is O=C(NS(=O)(=O)CCSc1ccccc1)c1ccc(COc2ccccc2)cc1. The van der Waals surface area contributed by atoms with Gasteiger partial charge in [0.1, 0.15) is 12.4 Å². The number of sulfonamides is 1. The number of thioether (sulfide) groups is 1. The topological polar surface area (TPSA) is 72.5 Å². The molecule has 3 rings (SSSR count). The van der Waals surface area contributed by atoms with Crippen molar-refractivity contribution in [3.05, 3.63) is 96.1 Å². The van der Waals surface area contributed by atoms with Crippen LogP contribution in [0.3, 0.4) is 0 Å². The Labute approximate surface area is 175 Å². The summed E-state index contributed by atoms with van der Waals surface area (Å²) in [6, 6.07) is 25.6. The van der Waals surface area contributed by atoms with E-state index in [0.717, 1.165) is 16.2 Å². The van der Waals surface area contributed by atoms with E-state index in [-0.39, 0.29) is 11.3 Å². The summed E-state index contributed by atoms with van der Waals surface area (Å²) in [7, 11) is -3.70. The van der Waals surface area contributed by atoms with Gasteiger partial charge in [0, 0.05) is 16.2 Å². The van der Waals surface area contributed by atoms with Crippen LogP contribution < -0.4 is 9.46 Å². The van der Waals surface area contributed by atoms with E-state index >= 15 is 0 Å². The van der Waals surface area contributed by atoms with E-state index in [1.54, 1.807) is 24.3 Å². The van der Waals surface area contributed by atoms with Gasteiger partial charge in [-0.25, -0.2) is 13.1 Å². The molecule has 0 radical (unpaired) electrons. The first-order chi connectivity index (χ1) is 14.0. The molecule has 0 fully saturated rings. The highest BCUT2D eigenvalue weighted by molar-refractivity contribution is 8.00. The molecule has 0 aliphatic carbocycles. The highest BCUT2D eigenvalue weighted by atomic mass is 32.2. The van der Waals surface area contributed by atoms with Gasteiger partial charge >= 0.3 is 0 Å². The third-order valence-electron chi connectivity index (χ3n) is 3.98. The molecule has 3 aromatic carbocycles. The molecule has 7 heteroatoms. The van der Waals surface area contributed by atoms with E-state index < -0.39 is 15.9 Å². The molecule has 0 spiro atoms. The maximum atomic E-state index is 12.3. The minimum atomic E-state index is -3.70. The number of amides is 1. The zero-order valence-electron chi connectivity index (χ0n) is 15.7. The van der Waals surface area contributed by atoms with Gasteiger partial charge in [-0.2, -0.15) is 0 Å². The first-order valence-corrected chi connectivity index (χ1v) is 11.7. The molecule has 0 aliphatic heterocycles. The summed E-state index contributed by atoms with van der Waals surface area (Å²) >= 11 is 1.43. The third kappa shape index (κ3) is 6.96.